The molecule has 0 unspecified atom stereocenters. The quantitative estimate of drug-likeness (QED) is 0.366. The van der Waals surface area contributed by atoms with Crippen LogP contribution >= 0.6 is 27.3 Å². The first-order valence-electron chi connectivity index (χ1n) is 11.7. The number of nitrogens with zero attached hydrogens (tertiary/aromatic N) is 1. The first kappa shape index (κ1) is 26.5. The second kappa shape index (κ2) is 11.2. The average Bonchev–Trinajstić information content (AvgIpc) is 3.23. The lowest BCUT2D eigenvalue weighted by atomic mass is 9.96. The zero-order chi connectivity index (χ0) is 25.9. The van der Waals surface area contributed by atoms with Crippen LogP contribution in [-0.2, 0) is 21.2 Å². The van der Waals surface area contributed by atoms with Crippen molar-refractivity contribution in [1.29, 1.82) is 0 Å². The van der Waals surface area contributed by atoms with E-state index in [0.717, 1.165) is 51.9 Å². The van der Waals surface area contributed by atoms with Crippen molar-refractivity contribution in [3.8, 4) is 10.4 Å². The maximum Gasteiger partial charge on any atom is 0.255 e. The van der Waals surface area contributed by atoms with E-state index in [1.54, 1.807) is 19.2 Å². The zero-order valence-electron chi connectivity index (χ0n) is 19.9. The van der Waals surface area contributed by atoms with Crippen LogP contribution in [0.2, 0.25) is 0 Å². The highest BCUT2D eigenvalue weighted by atomic mass is 79.9. The van der Waals surface area contributed by atoms with Gasteiger partial charge in [-0.25, -0.2) is 8.42 Å². The van der Waals surface area contributed by atoms with Crippen LogP contribution in [-0.4, -0.2) is 37.6 Å². The molecule has 0 aliphatic heterocycles. The number of nitrogens with one attached hydrogen (secondary N) is 1. The smallest absolute Gasteiger partial charge is 0.255 e. The van der Waals surface area contributed by atoms with E-state index >= 15 is 0 Å². The molecule has 0 atom stereocenters. The summed E-state index contributed by atoms with van der Waals surface area (Å²) in [7, 11) is -1.96. The number of anilines is 1. The minimum Gasteiger partial charge on any atom is -0.369 e. The molecule has 1 aliphatic rings. The van der Waals surface area contributed by atoms with Crippen LogP contribution in [0.4, 0.5) is 5.69 Å². The van der Waals surface area contributed by atoms with Gasteiger partial charge in [-0.05, 0) is 76.8 Å². The number of sulfonamides is 1. The molecular weight excluding hydrogens is 562 g/mol. The molecule has 0 saturated heterocycles. The van der Waals surface area contributed by atoms with Crippen LogP contribution in [0.3, 0.4) is 0 Å². The molecule has 2 amide bonds. The molecule has 1 fully saturated rings. The van der Waals surface area contributed by atoms with E-state index in [1.165, 1.54) is 39.9 Å². The molecule has 0 radical (unpaired) electrons. The number of rotatable bonds is 8. The Balaban J connectivity index is 1.42. The molecule has 2 aromatic carbocycles. The van der Waals surface area contributed by atoms with Crippen molar-refractivity contribution >= 4 is 54.8 Å². The minimum absolute atomic E-state index is 0.0271. The van der Waals surface area contributed by atoms with Crippen LogP contribution < -0.4 is 11.1 Å². The van der Waals surface area contributed by atoms with Crippen molar-refractivity contribution in [3.05, 3.63) is 69.5 Å². The summed E-state index contributed by atoms with van der Waals surface area (Å²) < 4.78 is 28.4. The van der Waals surface area contributed by atoms with Crippen molar-refractivity contribution in [3.63, 3.8) is 0 Å². The summed E-state index contributed by atoms with van der Waals surface area (Å²) >= 11 is 5.01. The van der Waals surface area contributed by atoms with Gasteiger partial charge in [0.1, 0.15) is 0 Å². The first-order chi connectivity index (χ1) is 17.1. The molecule has 1 saturated carbocycles. The van der Waals surface area contributed by atoms with Gasteiger partial charge in [-0.15, -0.1) is 11.3 Å². The minimum atomic E-state index is -3.61. The molecule has 190 valence electrons. The third-order valence-corrected chi connectivity index (χ3v) is 10.4. The van der Waals surface area contributed by atoms with Crippen LogP contribution in [0.5, 0.6) is 0 Å². The largest absolute Gasteiger partial charge is 0.369 e. The zero-order valence-corrected chi connectivity index (χ0v) is 23.1. The first-order valence-corrected chi connectivity index (χ1v) is 14.8. The van der Waals surface area contributed by atoms with Crippen molar-refractivity contribution in [2.45, 2.75) is 49.5 Å². The predicted molar refractivity (Wildman–Crippen MR) is 147 cm³/mol. The second-order valence-corrected chi connectivity index (χ2v) is 12.9. The molecular formula is C26H28BrN3O4S2. The average molecular weight is 591 g/mol. The number of primary amides is 1. The van der Waals surface area contributed by atoms with Crippen LogP contribution in [0, 0.1) is 0 Å². The van der Waals surface area contributed by atoms with Crippen LogP contribution in [0.1, 0.15) is 47.3 Å². The number of hydrogen-bond donors (Lipinski definition) is 2. The maximum absolute atomic E-state index is 13.0. The molecule has 0 spiro atoms. The molecule has 0 bridgehead atoms. The Morgan fingerprint density at radius 2 is 1.69 bits per heavy atom. The van der Waals surface area contributed by atoms with Crippen molar-refractivity contribution in [2.75, 3.05) is 12.4 Å². The number of halogens is 1. The van der Waals surface area contributed by atoms with E-state index in [4.69, 9.17) is 5.73 Å². The summed E-state index contributed by atoms with van der Waals surface area (Å²) in [6.45, 7) is 0. The highest BCUT2D eigenvalue weighted by Crippen LogP contribution is 2.37. The highest BCUT2D eigenvalue weighted by molar-refractivity contribution is 9.10. The number of thiophene rings is 1. The fourth-order valence-corrected chi connectivity index (χ4v) is 7.74. The van der Waals surface area contributed by atoms with E-state index in [9.17, 15) is 18.0 Å². The van der Waals surface area contributed by atoms with E-state index in [0.29, 0.717) is 11.3 Å². The van der Waals surface area contributed by atoms with E-state index < -0.39 is 10.0 Å². The Hall–Kier alpha value is -2.53. The van der Waals surface area contributed by atoms with E-state index in [1.807, 2.05) is 18.2 Å². The number of benzene rings is 2. The predicted octanol–water partition coefficient (Wildman–Crippen LogP) is 5.41. The SMILES string of the molecule is CN(C1CCCCC1)S(=O)(=O)c1ccc(C(=O)Nc2ccc(-c3sc(CC(N)=O)cc3Br)cc2)cc1. The maximum atomic E-state index is 13.0. The molecule has 4 rings (SSSR count). The fourth-order valence-electron chi connectivity index (χ4n) is 4.37. The van der Waals surface area contributed by atoms with Gasteiger partial charge in [-0.3, -0.25) is 9.59 Å². The summed E-state index contributed by atoms with van der Waals surface area (Å²) in [5, 5.41) is 2.85. The Bertz CT molecular complexity index is 1350. The van der Waals surface area contributed by atoms with Gasteiger partial charge in [-0.1, -0.05) is 31.4 Å². The van der Waals surface area contributed by atoms with Crippen LogP contribution in [0.25, 0.3) is 10.4 Å². The summed E-state index contributed by atoms with van der Waals surface area (Å²) in [5.74, 6) is -0.705. The van der Waals surface area contributed by atoms with E-state index in [-0.39, 0.29) is 29.2 Å². The molecule has 3 N–H and O–H groups in total. The lowest BCUT2D eigenvalue weighted by molar-refractivity contribution is -0.117. The topological polar surface area (TPSA) is 110 Å². The molecule has 3 aromatic rings. The Morgan fingerprint density at radius 1 is 1.06 bits per heavy atom. The molecule has 1 aliphatic carbocycles. The van der Waals surface area contributed by atoms with Gasteiger partial charge in [0.2, 0.25) is 15.9 Å². The van der Waals surface area contributed by atoms with Gasteiger partial charge in [0.25, 0.3) is 5.91 Å². The van der Waals surface area contributed by atoms with Gasteiger partial charge >= 0.3 is 0 Å². The van der Waals surface area contributed by atoms with Crippen molar-refractivity contribution < 1.29 is 18.0 Å². The van der Waals surface area contributed by atoms with Crippen molar-refractivity contribution in [1.82, 2.24) is 4.31 Å². The lowest BCUT2D eigenvalue weighted by Gasteiger charge is -2.30. The summed E-state index contributed by atoms with van der Waals surface area (Å²) in [5.41, 5.74) is 7.22. The summed E-state index contributed by atoms with van der Waals surface area (Å²) in [6, 6.07) is 15.3. The summed E-state index contributed by atoms with van der Waals surface area (Å²) in [6.07, 6.45) is 5.20. The monoisotopic (exact) mass is 589 g/mol. The summed E-state index contributed by atoms with van der Waals surface area (Å²) in [4.78, 5) is 26.0. The standard InChI is InChI=1S/C26H28BrN3O4S2/c1-30(20-5-3-2-4-6-20)36(33,34)22-13-9-18(10-14-22)26(32)29-19-11-7-17(8-12-19)25-23(27)15-21(35-25)16-24(28)31/h7-15,20H,2-6,16H2,1H3,(H2,28,31)(H,29,32). The van der Waals surface area contributed by atoms with Gasteiger partial charge in [-0.2, -0.15) is 4.31 Å². The molecule has 36 heavy (non-hydrogen) atoms. The Labute approximate surface area is 223 Å². The van der Waals surface area contributed by atoms with Gasteiger partial charge in [0.05, 0.1) is 11.3 Å². The molecule has 1 heterocycles. The number of hydrogen-bond acceptors (Lipinski definition) is 5. The van der Waals surface area contributed by atoms with Crippen LogP contribution in [0.15, 0.2) is 64.0 Å². The third-order valence-electron chi connectivity index (χ3n) is 6.37. The van der Waals surface area contributed by atoms with Gasteiger partial charge in [0, 0.05) is 38.6 Å². The van der Waals surface area contributed by atoms with E-state index in [2.05, 4.69) is 21.2 Å². The third kappa shape index (κ3) is 6.05. The Morgan fingerprint density at radius 3 is 2.31 bits per heavy atom. The number of amides is 2. The number of carbonyl (C=O) groups excluding carboxylic acids is 2. The number of nitrogens with two attached hydrogens (primary N) is 1. The molecule has 7 nitrogen and oxygen atoms in total. The van der Waals surface area contributed by atoms with Gasteiger partial charge < -0.3 is 11.1 Å². The fraction of sp³-hybridized carbons (Fsp3) is 0.308. The van der Waals surface area contributed by atoms with Gasteiger partial charge in [0.15, 0.2) is 0 Å². The number of carbonyl (C=O) groups is 2. The lowest BCUT2D eigenvalue weighted by Crippen LogP contribution is -2.38. The molecule has 10 heteroatoms. The van der Waals surface area contributed by atoms with Crippen molar-refractivity contribution in [2.24, 2.45) is 5.73 Å². The Kier molecular flexibility index (Phi) is 8.29. The molecule has 1 aromatic heterocycles. The second-order valence-electron chi connectivity index (χ2n) is 8.90. The highest BCUT2D eigenvalue weighted by Gasteiger charge is 2.29. The normalized spacial score (nSPS) is 14.6.